The number of nitrogens with zero attached hydrogens (tertiary/aromatic N) is 2. The standard InChI is InChI=1S/C11H9FN2O2S/c1-6-13-8-4-2-3-7(12)10(8)11(14-6)17-5-9(15)16/h2-4H,5H2,1H3,(H,15,16). The Morgan fingerprint density at radius 2 is 2.24 bits per heavy atom. The van der Waals surface area contributed by atoms with Gasteiger partial charge in [0.1, 0.15) is 16.7 Å². The number of thioether (sulfide) groups is 1. The molecule has 4 nitrogen and oxygen atoms in total. The van der Waals surface area contributed by atoms with E-state index >= 15 is 0 Å². The molecular weight excluding hydrogens is 243 g/mol. The lowest BCUT2D eigenvalue weighted by Gasteiger charge is -2.05. The number of carbonyl (C=O) groups is 1. The summed E-state index contributed by atoms with van der Waals surface area (Å²) < 4.78 is 13.7. The van der Waals surface area contributed by atoms with Gasteiger partial charge in [-0.3, -0.25) is 4.79 Å². The van der Waals surface area contributed by atoms with Crippen molar-refractivity contribution in [3.63, 3.8) is 0 Å². The molecule has 0 saturated heterocycles. The number of aromatic nitrogens is 2. The molecule has 0 bridgehead atoms. The van der Waals surface area contributed by atoms with Crippen LogP contribution in [0.3, 0.4) is 0 Å². The molecule has 0 unspecified atom stereocenters. The van der Waals surface area contributed by atoms with E-state index in [1.54, 1.807) is 19.1 Å². The third-order valence-corrected chi connectivity index (χ3v) is 3.04. The van der Waals surface area contributed by atoms with Gasteiger partial charge in [0.25, 0.3) is 0 Å². The molecule has 1 aromatic heterocycles. The molecule has 1 heterocycles. The molecule has 17 heavy (non-hydrogen) atoms. The summed E-state index contributed by atoms with van der Waals surface area (Å²) in [6.07, 6.45) is 0. The van der Waals surface area contributed by atoms with Gasteiger partial charge in [0.05, 0.1) is 16.7 Å². The van der Waals surface area contributed by atoms with Gasteiger partial charge >= 0.3 is 5.97 Å². The molecule has 2 aromatic rings. The van der Waals surface area contributed by atoms with E-state index in [1.807, 2.05) is 0 Å². The highest BCUT2D eigenvalue weighted by Crippen LogP contribution is 2.27. The maximum atomic E-state index is 13.7. The minimum atomic E-state index is -0.962. The summed E-state index contributed by atoms with van der Waals surface area (Å²) in [5.74, 6) is -1.05. The molecule has 0 amide bonds. The van der Waals surface area contributed by atoms with Crippen LogP contribution in [0.15, 0.2) is 23.2 Å². The van der Waals surface area contributed by atoms with Crippen molar-refractivity contribution in [2.45, 2.75) is 11.9 Å². The van der Waals surface area contributed by atoms with Crippen molar-refractivity contribution in [2.75, 3.05) is 5.75 Å². The third-order valence-electron chi connectivity index (χ3n) is 2.08. The first-order valence-corrected chi connectivity index (χ1v) is 5.84. The van der Waals surface area contributed by atoms with Crippen molar-refractivity contribution in [3.8, 4) is 0 Å². The summed E-state index contributed by atoms with van der Waals surface area (Å²) in [7, 11) is 0. The van der Waals surface area contributed by atoms with Crippen LogP contribution in [0.1, 0.15) is 5.82 Å². The summed E-state index contributed by atoms with van der Waals surface area (Å²) in [6, 6.07) is 4.56. The molecule has 88 valence electrons. The summed E-state index contributed by atoms with van der Waals surface area (Å²) in [4.78, 5) is 18.7. The van der Waals surface area contributed by atoms with Crippen molar-refractivity contribution in [1.82, 2.24) is 9.97 Å². The number of benzene rings is 1. The quantitative estimate of drug-likeness (QED) is 0.670. The molecule has 6 heteroatoms. The minimum Gasteiger partial charge on any atom is -0.481 e. The van der Waals surface area contributed by atoms with Crippen LogP contribution in [0.25, 0.3) is 10.9 Å². The number of rotatable bonds is 3. The molecule has 0 aliphatic heterocycles. The topological polar surface area (TPSA) is 63.1 Å². The Hall–Kier alpha value is -1.69. The molecule has 1 aromatic carbocycles. The van der Waals surface area contributed by atoms with Crippen molar-refractivity contribution in [3.05, 3.63) is 29.8 Å². The Labute approximate surface area is 101 Å². The third kappa shape index (κ3) is 2.52. The molecule has 0 spiro atoms. The van der Waals surface area contributed by atoms with Crippen molar-refractivity contribution >= 4 is 28.6 Å². The van der Waals surface area contributed by atoms with Crippen molar-refractivity contribution in [2.24, 2.45) is 0 Å². The smallest absolute Gasteiger partial charge is 0.313 e. The number of fused-ring (bicyclic) bond motifs is 1. The lowest BCUT2D eigenvalue weighted by molar-refractivity contribution is -0.133. The number of halogens is 1. The Bertz CT molecular complexity index is 589. The zero-order chi connectivity index (χ0) is 12.4. The van der Waals surface area contributed by atoms with Crippen molar-refractivity contribution in [1.29, 1.82) is 0 Å². The Morgan fingerprint density at radius 3 is 2.94 bits per heavy atom. The highest BCUT2D eigenvalue weighted by Gasteiger charge is 2.12. The van der Waals surface area contributed by atoms with Crippen LogP contribution in [0.2, 0.25) is 0 Å². The molecule has 0 aliphatic rings. The molecule has 0 aliphatic carbocycles. The number of hydrogen-bond donors (Lipinski definition) is 1. The largest absolute Gasteiger partial charge is 0.481 e. The predicted molar refractivity (Wildman–Crippen MR) is 62.6 cm³/mol. The number of aryl methyl sites for hydroxylation is 1. The number of hydrogen-bond acceptors (Lipinski definition) is 4. The first-order chi connectivity index (χ1) is 8.08. The normalized spacial score (nSPS) is 10.7. The second-order valence-corrected chi connectivity index (χ2v) is 4.36. The van der Waals surface area contributed by atoms with Gasteiger partial charge in [-0.15, -0.1) is 0 Å². The van der Waals surface area contributed by atoms with Crippen LogP contribution < -0.4 is 0 Å². The average Bonchev–Trinajstić information content (AvgIpc) is 2.25. The summed E-state index contributed by atoms with van der Waals surface area (Å²) in [5, 5.41) is 9.28. The average molecular weight is 252 g/mol. The Balaban J connectivity index is 2.55. The number of carboxylic acids is 1. The fourth-order valence-corrected chi connectivity index (χ4v) is 2.26. The van der Waals surface area contributed by atoms with Gasteiger partial charge in [-0.25, -0.2) is 14.4 Å². The molecule has 2 rings (SSSR count). The molecule has 0 atom stereocenters. The van der Waals surface area contributed by atoms with E-state index < -0.39 is 11.8 Å². The Morgan fingerprint density at radius 1 is 1.47 bits per heavy atom. The molecular formula is C11H9FN2O2S. The second kappa shape index (κ2) is 4.67. The van der Waals surface area contributed by atoms with Crippen LogP contribution in [-0.4, -0.2) is 26.8 Å². The maximum Gasteiger partial charge on any atom is 0.313 e. The van der Waals surface area contributed by atoms with Crippen LogP contribution in [0, 0.1) is 12.7 Å². The van der Waals surface area contributed by atoms with Crippen LogP contribution >= 0.6 is 11.8 Å². The summed E-state index contributed by atoms with van der Waals surface area (Å²) in [6.45, 7) is 1.69. The molecule has 0 saturated carbocycles. The summed E-state index contributed by atoms with van der Waals surface area (Å²) >= 11 is 0.996. The Kier molecular flexibility index (Phi) is 3.23. The van der Waals surface area contributed by atoms with E-state index in [9.17, 15) is 9.18 Å². The van der Waals surface area contributed by atoms with Gasteiger partial charge in [0, 0.05) is 0 Å². The van der Waals surface area contributed by atoms with Gasteiger partial charge in [-0.2, -0.15) is 0 Å². The predicted octanol–water partition coefficient (Wildman–Crippen LogP) is 2.25. The van der Waals surface area contributed by atoms with Crippen LogP contribution in [0.4, 0.5) is 4.39 Å². The van der Waals surface area contributed by atoms with E-state index in [0.717, 1.165) is 11.8 Å². The zero-order valence-corrected chi connectivity index (χ0v) is 9.79. The van der Waals surface area contributed by atoms with Crippen LogP contribution in [0.5, 0.6) is 0 Å². The molecule has 1 N–H and O–H groups in total. The van der Waals surface area contributed by atoms with Gasteiger partial charge in [0.15, 0.2) is 0 Å². The molecule has 0 radical (unpaired) electrons. The van der Waals surface area contributed by atoms with Gasteiger partial charge in [-0.05, 0) is 19.1 Å². The maximum absolute atomic E-state index is 13.7. The lowest BCUT2D eigenvalue weighted by atomic mass is 10.2. The zero-order valence-electron chi connectivity index (χ0n) is 8.98. The number of carboxylic acid groups (broad SMARTS) is 1. The first kappa shape index (κ1) is 11.8. The van der Waals surface area contributed by atoms with Gasteiger partial charge in [0.2, 0.25) is 0 Å². The summed E-state index contributed by atoms with van der Waals surface area (Å²) in [5.41, 5.74) is 0.491. The number of aliphatic carboxylic acids is 1. The minimum absolute atomic E-state index is 0.153. The second-order valence-electron chi connectivity index (χ2n) is 3.39. The van der Waals surface area contributed by atoms with E-state index in [-0.39, 0.29) is 11.1 Å². The van der Waals surface area contributed by atoms with E-state index in [2.05, 4.69) is 9.97 Å². The van der Waals surface area contributed by atoms with Gasteiger partial charge < -0.3 is 5.11 Å². The van der Waals surface area contributed by atoms with Crippen LogP contribution in [-0.2, 0) is 4.79 Å². The first-order valence-electron chi connectivity index (χ1n) is 4.85. The monoisotopic (exact) mass is 252 g/mol. The van der Waals surface area contributed by atoms with E-state index in [1.165, 1.54) is 6.07 Å². The highest BCUT2D eigenvalue weighted by molar-refractivity contribution is 8.00. The van der Waals surface area contributed by atoms with Crippen molar-refractivity contribution < 1.29 is 14.3 Å². The van der Waals surface area contributed by atoms with E-state index in [0.29, 0.717) is 16.4 Å². The fourth-order valence-electron chi connectivity index (χ4n) is 1.45. The van der Waals surface area contributed by atoms with E-state index in [4.69, 9.17) is 5.11 Å². The molecule has 0 fully saturated rings. The highest BCUT2D eigenvalue weighted by atomic mass is 32.2. The SMILES string of the molecule is Cc1nc(SCC(=O)O)c2c(F)cccc2n1. The fraction of sp³-hybridized carbons (Fsp3) is 0.182. The lowest BCUT2D eigenvalue weighted by Crippen LogP contribution is -2.00. The van der Waals surface area contributed by atoms with Gasteiger partial charge in [-0.1, -0.05) is 17.8 Å².